The lowest BCUT2D eigenvalue weighted by atomic mass is 10.1. The Kier molecular flexibility index (Phi) is 3.65. The number of H-pyrrole nitrogens is 1. The minimum atomic E-state index is -0.107. The molecule has 2 amide bonds. The number of amides is 2. The van der Waals surface area contributed by atoms with Gasteiger partial charge in [-0.3, -0.25) is 9.59 Å². The van der Waals surface area contributed by atoms with Gasteiger partial charge in [0.15, 0.2) is 6.61 Å². The Morgan fingerprint density at radius 3 is 3.00 bits per heavy atom. The van der Waals surface area contributed by atoms with E-state index in [1.807, 2.05) is 30.5 Å². The normalized spacial score (nSPS) is 13.5. The topological polar surface area (TPSA) is 74.4 Å². The third-order valence-electron chi connectivity index (χ3n) is 4.36. The van der Waals surface area contributed by atoms with Crippen LogP contribution in [0.15, 0.2) is 48.7 Å². The number of hydrogen-bond donors (Lipinski definition) is 2. The van der Waals surface area contributed by atoms with Crippen LogP contribution in [0.3, 0.4) is 0 Å². The smallest absolute Gasteiger partial charge is 0.264 e. The Hall–Kier alpha value is -3.28. The van der Waals surface area contributed by atoms with Gasteiger partial charge in [0, 0.05) is 35.9 Å². The zero-order valence-electron chi connectivity index (χ0n) is 13.7. The molecule has 3 aromatic rings. The highest BCUT2D eigenvalue weighted by Gasteiger charge is 2.22. The summed E-state index contributed by atoms with van der Waals surface area (Å²) in [6.45, 7) is 0.0102. The van der Waals surface area contributed by atoms with Gasteiger partial charge in [-0.15, -0.1) is 0 Å². The maximum Gasteiger partial charge on any atom is 0.264 e. The molecule has 2 N–H and O–H groups in total. The molecule has 0 fully saturated rings. The van der Waals surface area contributed by atoms with Crippen molar-refractivity contribution in [1.29, 1.82) is 0 Å². The number of likely N-dealkylation sites (N-methyl/N-ethyl adjacent to an activating group) is 1. The molecular weight excluding hydrogens is 318 g/mol. The zero-order valence-corrected chi connectivity index (χ0v) is 13.7. The summed E-state index contributed by atoms with van der Waals surface area (Å²) in [6.07, 6.45) is 2.14. The van der Waals surface area contributed by atoms with Crippen molar-refractivity contribution in [3.63, 3.8) is 0 Å². The number of para-hydroxylation sites is 1. The van der Waals surface area contributed by atoms with E-state index in [-0.39, 0.29) is 24.8 Å². The summed E-state index contributed by atoms with van der Waals surface area (Å²) < 4.78 is 5.44. The lowest BCUT2D eigenvalue weighted by molar-refractivity contribution is -0.121. The van der Waals surface area contributed by atoms with E-state index in [1.165, 1.54) is 0 Å². The molecule has 0 bridgehead atoms. The number of nitrogens with one attached hydrogen (secondary N) is 2. The summed E-state index contributed by atoms with van der Waals surface area (Å²) in [5.41, 5.74) is 3.31. The monoisotopic (exact) mass is 335 g/mol. The van der Waals surface area contributed by atoms with E-state index in [1.54, 1.807) is 30.1 Å². The molecule has 0 aliphatic carbocycles. The molecule has 1 aliphatic rings. The Bertz CT molecular complexity index is 977. The van der Waals surface area contributed by atoms with Gasteiger partial charge in [-0.05, 0) is 23.8 Å². The third kappa shape index (κ3) is 2.82. The summed E-state index contributed by atoms with van der Waals surface area (Å²) >= 11 is 0. The predicted octanol–water partition coefficient (Wildman–Crippen LogP) is 2.70. The fourth-order valence-corrected chi connectivity index (χ4v) is 3.01. The molecule has 1 aromatic heterocycles. The number of rotatable bonds is 3. The second kappa shape index (κ2) is 5.98. The standard InChI is InChI=1S/C19H17N3O3/c1-22-16-7-6-13(9-17(16)25-11-19(22)24)21-18(23)8-12-10-20-15-5-3-2-4-14(12)15/h2-7,9-10,20H,8,11H2,1H3,(H,21,23). The van der Waals surface area contributed by atoms with E-state index < -0.39 is 0 Å². The molecule has 6 heteroatoms. The predicted molar refractivity (Wildman–Crippen MR) is 96.0 cm³/mol. The fourth-order valence-electron chi connectivity index (χ4n) is 3.01. The third-order valence-corrected chi connectivity index (χ3v) is 4.36. The summed E-state index contributed by atoms with van der Waals surface area (Å²) in [6, 6.07) is 13.2. The molecule has 0 spiro atoms. The molecule has 2 aromatic carbocycles. The summed E-state index contributed by atoms with van der Waals surface area (Å²) in [5, 5.41) is 3.93. The van der Waals surface area contributed by atoms with Crippen LogP contribution in [0.1, 0.15) is 5.56 Å². The molecule has 2 heterocycles. The van der Waals surface area contributed by atoms with Crippen LogP contribution in [0, 0.1) is 0 Å². The highest BCUT2D eigenvalue weighted by Crippen LogP contribution is 2.33. The number of ether oxygens (including phenoxy) is 1. The number of aromatic amines is 1. The number of benzene rings is 2. The van der Waals surface area contributed by atoms with E-state index in [2.05, 4.69) is 10.3 Å². The van der Waals surface area contributed by atoms with Crippen molar-refractivity contribution >= 4 is 34.1 Å². The average molecular weight is 335 g/mol. The van der Waals surface area contributed by atoms with Gasteiger partial charge < -0.3 is 19.9 Å². The Morgan fingerprint density at radius 2 is 2.12 bits per heavy atom. The minimum absolute atomic E-state index is 0.0102. The van der Waals surface area contributed by atoms with E-state index in [0.717, 1.165) is 16.5 Å². The molecule has 0 saturated heterocycles. The number of anilines is 2. The molecule has 4 rings (SSSR count). The van der Waals surface area contributed by atoms with Crippen LogP contribution in [-0.4, -0.2) is 30.5 Å². The first-order valence-electron chi connectivity index (χ1n) is 8.00. The average Bonchev–Trinajstić information content (AvgIpc) is 3.01. The van der Waals surface area contributed by atoms with Gasteiger partial charge in [0.25, 0.3) is 5.91 Å². The van der Waals surface area contributed by atoms with Crippen molar-refractivity contribution in [2.75, 3.05) is 23.9 Å². The minimum Gasteiger partial charge on any atom is -0.481 e. The van der Waals surface area contributed by atoms with E-state index in [0.29, 0.717) is 17.1 Å². The van der Waals surface area contributed by atoms with Crippen LogP contribution in [0.25, 0.3) is 10.9 Å². The van der Waals surface area contributed by atoms with Gasteiger partial charge in [-0.1, -0.05) is 18.2 Å². The zero-order chi connectivity index (χ0) is 17.4. The first kappa shape index (κ1) is 15.3. The van der Waals surface area contributed by atoms with Crippen molar-refractivity contribution in [2.45, 2.75) is 6.42 Å². The maximum absolute atomic E-state index is 12.4. The Balaban J connectivity index is 1.51. The van der Waals surface area contributed by atoms with Crippen molar-refractivity contribution in [2.24, 2.45) is 0 Å². The van der Waals surface area contributed by atoms with Crippen molar-refractivity contribution in [1.82, 2.24) is 4.98 Å². The second-order valence-electron chi connectivity index (χ2n) is 6.01. The van der Waals surface area contributed by atoms with Gasteiger partial charge in [0.2, 0.25) is 5.91 Å². The largest absolute Gasteiger partial charge is 0.481 e. The molecule has 0 unspecified atom stereocenters. The van der Waals surface area contributed by atoms with Crippen LogP contribution < -0.4 is 15.0 Å². The molecule has 25 heavy (non-hydrogen) atoms. The lowest BCUT2D eigenvalue weighted by Gasteiger charge is -2.26. The van der Waals surface area contributed by atoms with Crippen LogP contribution >= 0.6 is 0 Å². The number of aromatic nitrogens is 1. The number of carbonyl (C=O) groups excluding carboxylic acids is 2. The Labute approximate surface area is 144 Å². The van der Waals surface area contributed by atoms with Crippen LogP contribution in [0.2, 0.25) is 0 Å². The van der Waals surface area contributed by atoms with Gasteiger partial charge in [0.05, 0.1) is 12.1 Å². The SMILES string of the molecule is CN1C(=O)COc2cc(NC(=O)Cc3c[nH]c4ccccc34)ccc21. The molecule has 1 aliphatic heterocycles. The lowest BCUT2D eigenvalue weighted by Crippen LogP contribution is -2.35. The van der Waals surface area contributed by atoms with Gasteiger partial charge in [0.1, 0.15) is 5.75 Å². The molecule has 0 saturated carbocycles. The maximum atomic E-state index is 12.4. The molecule has 0 atom stereocenters. The highest BCUT2D eigenvalue weighted by molar-refractivity contribution is 5.99. The number of fused-ring (bicyclic) bond motifs is 2. The Morgan fingerprint density at radius 1 is 1.28 bits per heavy atom. The van der Waals surface area contributed by atoms with E-state index in [9.17, 15) is 9.59 Å². The number of nitrogens with zero attached hydrogens (tertiary/aromatic N) is 1. The number of hydrogen-bond acceptors (Lipinski definition) is 3. The van der Waals surface area contributed by atoms with Crippen LogP contribution in [-0.2, 0) is 16.0 Å². The molecular formula is C19H17N3O3. The first-order valence-corrected chi connectivity index (χ1v) is 8.00. The van der Waals surface area contributed by atoms with Crippen LogP contribution in [0.5, 0.6) is 5.75 Å². The molecule has 0 radical (unpaired) electrons. The van der Waals surface area contributed by atoms with Crippen molar-refractivity contribution in [3.8, 4) is 5.75 Å². The van der Waals surface area contributed by atoms with Crippen molar-refractivity contribution < 1.29 is 14.3 Å². The molecule has 126 valence electrons. The number of carbonyl (C=O) groups is 2. The van der Waals surface area contributed by atoms with Gasteiger partial charge in [-0.2, -0.15) is 0 Å². The quantitative estimate of drug-likeness (QED) is 0.773. The van der Waals surface area contributed by atoms with Crippen molar-refractivity contribution in [3.05, 3.63) is 54.2 Å². The summed E-state index contributed by atoms with van der Waals surface area (Å²) in [4.78, 5) is 28.7. The first-order chi connectivity index (χ1) is 12.1. The fraction of sp³-hybridized carbons (Fsp3) is 0.158. The second-order valence-corrected chi connectivity index (χ2v) is 6.01. The van der Waals surface area contributed by atoms with Gasteiger partial charge in [-0.25, -0.2) is 0 Å². The molecule has 6 nitrogen and oxygen atoms in total. The van der Waals surface area contributed by atoms with Gasteiger partial charge >= 0.3 is 0 Å². The van der Waals surface area contributed by atoms with Crippen LogP contribution in [0.4, 0.5) is 11.4 Å². The highest BCUT2D eigenvalue weighted by atomic mass is 16.5. The summed E-state index contributed by atoms with van der Waals surface area (Å²) in [7, 11) is 1.71. The summed E-state index contributed by atoms with van der Waals surface area (Å²) in [5.74, 6) is 0.389. The van der Waals surface area contributed by atoms with E-state index >= 15 is 0 Å². The van der Waals surface area contributed by atoms with E-state index in [4.69, 9.17) is 4.74 Å².